The van der Waals surface area contributed by atoms with Gasteiger partial charge in [-0.2, -0.15) is 17.0 Å². The van der Waals surface area contributed by atoms with Crippen LogP contribution in [-0.2, 0) is 16.6 Å². The van der Waals surface area contributed by atoms with Gasteiger partial charge in [0.15, 0.2) is 0 Å². The van der Waals surface area contributed by atoms with Crippen LogP contribution in [0.5, 0.6) is 0 Å². The number of nitrogens with one attached hydrogen (secondary N) is 1. The predicted molar refractivity (Wildman–Crippen MR) is 80.8 cm³/mol. The fourth-order valence-electron chi connectivity index (χ4n) is 2.37. The first-order valence-electron chi connectivity index (χ1n) is 7.14. The van der Waals surface area contributed by atoms with E-state index in [1.165, 1.54) is 5.56 Å². The molecular formula is C14H23N3O2S. The molecule has 0 saturated carbocycles. The van der Waals surface area contributed by atoms with Crippen molar-refractivity contribution in [3.8, 4) is 0 Å². The third-order valence-corrected chi connectivity index (χ3v) is 5.69. The average Bonchev–Trinajstić information content (AvgIpc) is 2.49. The molecule has 0 unspecified atom stereocenters. The number of likely N-dealkylation sites (N-methyl/N-ethyl adjacent to an activating group) is 1. The van der Waals surface area contributed by atoms with Gasteiger partial charge < -0.3 is 5.32 Å². The summed E-state index contributed by atoms with van der Waals surface area (Å²) in [5, 5.41) is 3.18. The SMILES string of the molecule is CCN(CCc1ccccc1)S(=O)(=O)N1CCNCC1. The molecule has 0 bridgehead atoms. The van der Waals surface area contributed by atoms with E-state index in [1.54, 1.807) is 8.61 Å². The maximum atomic E-state index is 12.6. The average molecular weight is 297 g/mol. The Morgan fingerprint density at radius 1 is 1.20 bits per heavy atom. The van der Waals surface area contributed by atoms with E-state index in [2.05, 4.69) is 5.32 Å². The van der Waals surface area contributed by atoms with Crippen LogP contribution in [0.15, 0.2) is 30.3 Å². The summed E-state index contributed by atoms with van der Waals surface area (Å²) in [6.07, 6.45) is 0.750. The Labute approximate surface area is 121 Å². The molecule has 1 heterocycles. The maximum Gasteiger partial charge on any atom is 0.282 e. The van der Waals surface area contributed by atoms with E-state index in [0.717, 1.165) is 19.5 Å². The molecule has 0 spiro atoms. The monoisotopic (exact) mass is 297 g/mol. The quantitative estimate of drug-likeness (QED) is 0.841. The predicted octanol–water partition coefficient (Wildman–Crippen LogP) is 0.701. The van der Waals surface area contributed by atoms with Crippen molar-refractivity contribution in [2.45, 2.75) is 13.3 Å². The second-order valence-corrected chi connectivity index (χ2v) is 6.81. The summed E-state index contributed by atoms with van der Waals surface area (Å²) in [5.41, 5.74) is 1.17. The molecule has 0 atom stereocenters. The molecule has 5 nitrogen and oxygen atoms in total. The Balaban J connectivity index is 1.99. The molecule has 112 valence electrons. The molecule has 20 heavy (non-hydrogen) atoms. The Morgan fingerprint density at radius 2 is 1.85 bits per heavy atom. The van der Waals surface area contributed by atoms with Crippen LogP contribution in [0.1, 0.15) is 12.5 Å². The lowest BCUT2D eigenvalue weighted by Crippen LogP contribution is -2.52. The van der Waals surface area contributed by atoms with Gasteiger partial charge in [-0.25, -0.2) is 0 Å². The van der Waals surface area contributed by atoms with Crippen LogP contribution in [0.4, 0.5) is 0 Å². The van der Waals surface area contributed by atoms with E-state index in [1.807, 2.05) is 37.3 Å². The lowest BCUT2D eigenvalue weighted by atomic mass is 10.1. The molecule has 1 aliphatic rings. The fraction of sp³-hybridized carbons (Fsp3) is 0.571. The van der Waals surface area contributed by atoms with Crippen molar-refractivity contribution in [3.63, 3.8) is 0 Å². The summed E-state index contributed by atoms with van der Waals surface area (Å²) in [7, 11) is -3.32. The first-order chi connectivity index (χ1) is 9.64. The van der Waals surface area contributed by atoms with E-state index in [-0.39, 0.29) is 0 Å². The largest absolute Gasteiger partial charge is 0.314 e. The highest BCUT2D eigenvalue weighted by Gasteiger charge is 2.29. The first kappa shape index (κ1) is 15.4. The van der Waals surface area contributed by atoms with Crippen molar-refractivity contribution in [2.75, 3.05) is 39.3 Å². The van der Waals surface area contributed by atoms with Gasteiger partial charge in [-0.15, -0.1) is 0 Å². The van der Waals surface area contributed by atoms with Crippen LogP contribution in [0.3, 0.4) is 0 Å². The van der Waals surface area contributed by atoms with E-state index in [9.17, 15) is 8.42 Å². The third-order valence-electron chi connectivity index (χ3n) is 3.57. The van der Waals surface area contributed by atoms with Gasteiger partial charge >= 0.3 is 0 Å². The van der Waals surface area contributed by atoms with Gasteiger partial charge in [0.05, 0.1) is 0 Å². The van der Waals surface area contributed by atoms with Crippen LogP contribution in [-0.4, -0.2) is 56.3 Å². The molecule has 0 amide bonds. The van der Waals surface area contributed by atoms with Crippen molar-refractivity contribution in [2.24, 2.45) is 0 Å². The van der Waals surface area contributed by atoms with Gasteiger partial charge in [0.2, 0.25) is 0 Å². The van der Waals surface area contributed by atoms with E-state index >= 15 is 0 Å². The van der Waals surface area contributed by atoms with Gasteiger partial charge in [0.1, 0.15) is 0 Å². The molecule has 0 aromatic heterocycles. The number of hydrogen-bond donors (Lipinski definition) is 1. The van der Waals surface area contributed by atoms with Gasteiger partial charge in [-0.3, -0.25) is 0 Å². The minimum atomic E-state index is -3.32. The minimum Gasteiger partial charge on any atom is -0.314 e. The van der Waals surface area contributed by atoms with Crippen LogP contribution < -0.4 is 5.32 Å². The Hall–Kier alpha value is -0.950. The lowest BCUT2D eigenvalue weighted by molar-refractivity contribution is 0.316. The molecule has 0 radical (unpaired) electrons. The number of hydrogen-bond acceptors (Lipinski definition) is 3. The van der Waals surface area contributed by atoms with E-state index < -0.39 is 10.2 Å². The summed E-state index contributed by atoms with van der Waals surface area (Å²) in [6, 6.07) is 10.0. The van der Waals surface area contributed by atoms with Crippen molar-refractivity contribution < 1.29 is 8.42 Å². The molecule has 2 rings (SSSR count). The van der Waals surface area contributed by atoms with Crippen molar-refractivity contribution >= 4 is 10.2 Å². The van der Waals surface area contributed by atoms with E-state index in [0.29, 0.717) is 26.2 Å². The third kappa shape index (κ3) is 3.79. The highest BCUT2D eigenvalue weighted by Crippen LogP contribution is 2.11. The second kappa shape index (κ2) is 7.17. The van der Waals surface area contributed by atoms with Crippen molar-refractivity contribution in [1.82, 2.24) is 13.9 Å². The van der Waals surface area contributed by atoms with Crippen LogP contribution in [0.2, 0.25) is 0 Å². The molecule has 1 saturated heterocycles. The lowest BCUT2D eigenvalue weighted by Gasteiger charge is -2.32. The summed E-state index contributed by atoms with van der Waals surface area (Å²) in [6.45, 7) is 5.52. The first-order valence-corrected chi connectivity index (χ1v) is 8.54. The Morgan fingerprint density at radius 3 is 2.45 bits per heavy atom. The summed E-state index contributed by atoms with van der Waals surface area (Å²) >= 11 is 0. The van der Waals surface area contributed by atoms with Crippen molar-refractivity contribution in [1.29, 1.82) is 0 Å². The Bertz CT molecular complexity index is 498. The van der Waals surface area contributed by atoms with Gasteiger partial charge in [0.25, 0.3) is 10.2 Å². The van der Waals surface area contributed by atoms with Gasteiger partial charge in [0, 0.05) is 39.3 Å². The summed E-state index contributed by atoms with van der Waals surface area (Å²) in [5.74, 6) is 0. The van der Waals surface area contributed by atoms with Gasteiger partial charge in [-0.05, 0) is 12.0 Å². The molecule has 1 aromatic rings. The summed E-state index contributed by atoms with van der Waals surface area (Å²) < 4.78 is 28.3. The van der Waals surface area contributed by atoms with Gasteiger partial charge in [-0.1, -0.05) is 37.3 Å². The Kier molecular flexibility index (Phi) is 5.54. The number of benzene rings is 1. The maximum absolute atomic E-state index is 12.6. The van der Waals surface area contributed by atoms with Crippen LogP contribution in [0.25, 0.3) is 0 Å². The molecule has 1 aromatic carbocycles. The molecule has 0 aliphatic carbocycles. The molecule has 1 N–H and O–H groups in total. The highest BCUT2D eigenvalue weighted by molar-refractivity contribution is 7.86. The molecule has 1 aliphatic heterocycles. The number of piperazine rings is 1. The summed E-state index contributed by atoms with van der Waals surface area (Å²) in [4.78, 5) is 0. The minimum absolute atomic E-state index is 0.513. The normalized spacial score (nSPS) is 17.5. The zero-order valence-electron chi connectivity index (χ0n) is 12.0. The topological polar surface area (TPSA) is 52.7 Å². The van der Waals surface area contributed by atoms with Crippen molar-refractivity contribution in [3.05, 3.63) is 35.9 Å². The molecule has 6 heteroatoms. The smallest absolute Gasteiger partial charge is 0.282 e. The molecule has 1 fully saturated rings. The zero-order valence-corrected chi connectivity index (χ0v) is 12.8. The highest BCUT2D eigenvalue weighted by atomic mass is 32.2. The number of nitrogens with zero attached hydrogens (tertiary/aromatic N) is 2. The van der Waals surface area contributed by atoms with Crippen LogP contribution >= 0.6 is 0 Å². The second-order valence-electron chi connectivity index (χ2n) is 4.88. The fourth-order valence-corrected chi connectivity index (χ4v) is 3.99. The van der Waals surface area contributed by atoms with E-state index in [4.69, 9.17) is 0 Å². The zero-order chi connectivity index (χ0) is 14.4. The standard InChI is InChI=1S/C14H23N3O2S/c1-2-16(11-8-14-6-4-3-5-7-14)20(18,19)17-12-9-15-10-13-17/h3-7,15H,2,8-13H2,1H3. The number of rotatable bonds is 6. The van der Waals surface area contributed by atoms with Crippen LogP contribution in [0, 0.1) is 0 Å². The molecular weight excluding hydrogens is 274 g/mol.